The van der Waals surface area contributed by atoms with Crippen molar-refractivity contribution in [3.05, 3.63) is 47.6 Å². The SMILES string of the molecule is CN[C@H](CC[C@@H]1CCN(CCSc2nccs2)C[C@@H]1CC(=O)O)c1ccnc2ccc(OC)cc12. The van der Waals surface area contributed by atoms with Gasteiger partial charge in [0.2, 0.25) is 0 Å². The Labute approximate surface area is 215 Å². The Morgan fingerprint density at radius 1 is 1.31 bits per heavy atom. The second-order valence-electron chi connectivity index (χ2n) is 9.06. The maximum Gasteiger partial charge on any atom is 0.303 e. The highest BCUT2D eigenvalue weighted by atomic mass is 32.2. The van der Waals surface area contributed by atoms with Gasteiger partial charge in [0.1, 0.15) is 10.1 Å². The number of pyridine rings is 1. The monoisotopic (exact) mass is 514 g/mol. The number of carboxylic acids is 1. The van der Waals surface area contributed by atoms with Gasteiger partial charge in [0.25, 0.3) is 0 Å². The quantitative estimate of drug-likeness (QED) is 0.329. The molecule has 7 nitrogen and oxygen atoms in total. The molecule has 1 aromatic carbocycles. The second-order valence-corrected chi connectivity index (χ2v) is 11.3. The summed E-state index contributed by atoms with van der Waals surface area (Å²) in [5.41, 5.74) is 2.17. The molecule has 0 radical (unpaired) electrons. The highest BCUT2D eigenvalue weighted by Gasteiger charge is 2.31. The van der Waals surface area contributed by atoms with E-state index in [0.717, 1.165) is 65.6 Å². The molecule has 1 saturated heterocycles. The molecule has 35 heavy (non-hydrogen) atoms. The average Bonchev–Trinajstić information content (AvgIpc) is 3.38. The van der Waals surface area contributed by atoms with E-state index in [-0.39, 0.29) is 18.4 Å². The van der Waals surface area contributed by atoms with Crippen molar-refractivity contribution in [2.24, 2.45) is 11.8 Å². The summed E-state index contributed by atoms with van der Waals surface area (Å²) in [5, 5.41) is 16.2. The van der Waals surface area contributed by atoms with Crippen LogP contribution in [0.2, 0.25) is 0 Å². The van der Waals surface area contributed by atoms with Gasteiger partial charge in [0, 0.05) is 54.5 Å². The van der Waals surface area contributed by atoms with Crippen molar-refractivity contribution in [2.45, 2.75) is 36.1 Å². The number of rotatable bonds is 12. The summed E-state index contributed by atoms with van der Waals surface area (Å²) in [4.78, 5) is 22.9. The minimum absolute atomic E-state index is 0.172. The molecule has 3 heterocycles. The Bertz CT molecular complexity index is 1100. The predicted octanol–water partition coefficient (Wildman–Crippen LogP) is 4.95. The maximum absolute atomic E-state index is 11.7. The van der Waals surface area contributed by atoms with Crippen LogP contribution in [-0.4, -0.2) is 65.5 Å². The number of likely N-dealkylation sites (tertiary alicyclic amines) is 1. The van der Waals surface area contributed by atoms with Gasteiger partial charge >= 0.3 is 5.97 Å². The van der Waals surface area contributed by atoms with E-state index in [1.807, 2.05) is 37.0 Å². The van der Waals surface area contributed by atoms with Crippen LogP contribution in [0.15, 0.2) is 46.4 Å². The minimum Gasteiger partial charge on any atom is -0.497 e. The Morgan fingerprint density at radius 2 is 2.20 bits per heavy atom. The van der Waals surface area contributed by atoms with Gasteiger partial charge in [-0.1, -0.05) is 11.8 Å². The smallest absolute Gasteiger partial charge is 0.303 e. The summed E-state index contributed by atoms with van der Waals surface area (Å²) in [6, 6.07) is 8.24. The number of carbonyl (C=O) groups is 1. The highest BCUT2D eigenvalue weighted by Crippen LogP contribution is 2.35. The Morgan fingerprint density at radius 3 is 2.94 bits per heavy atom. The minimum atomic E-state index is -0.698. The molecule has 3 aromatic rings. The normalized spacial score (nSPS) is 19.6. The molecule has 1 aliphatic heterocycles. The molecule has 1 fully saturated rings. The topological polar surface area (TPSA) is 87.6 Å². The van der Waals surface area contributed by atoms with Gasteiger partial charge in [-0.05, 0) is 74.5 Å². The molecule has 4 rings (SSSR count). The molecule has 0 bridgehead atoms. The molecule has 2 aromatic heterocycles. The number of nitrogens with one attached hydrogen (secondary N) is 1. The number of hydrogen-bond donors (Lipinski definition) is 2. The molecule has 0 amide bonds. The fourth-order valence-corrected chi connectivity index (χ4v) is 6.86. The van der Waals surface area contributed by atoms with Gasteiger partial charge in [0.05, 0.1) is 12.6 Å². The number of fused-ring (bicyclic) bond motifs is 1. The first-order chi connectivity index (χ1) is 17.1. The molecule has 0 unspecified atom stereocenters. The Hall–Kier alpha value is -2.20. The molecular weight excluding hydrogens is 480 g/mol. The summed E-state index contributed by atoms with van der Waals surface area (Å²) in [7, 11) is 3.67. The van der Waals surface area contributed by atoms with E-state index in [4.69, 9.17) is 4.74 Å². The zero-order valence-corrected chi connectivity index (χ0v) is 22.0. The zero-order valence-electron chi connectivity index (χ0n) is 20.4. The van der Waals surface area contributed by atoms with Crippen LogP contribution in [0.5, 0.6) is 5.75 Å². The van der Waals surface area contributed by atoms with Gasteiger partial charge in [-0.15, -0.1) is 11.3 Å². The van der Waals surface area contributed by atoms with Gasteiger partial charge < -0.3 is 20.1 Å². The first kappa shape index (κ1) is 25.9. The Balaban J connectivity index is 1.39. The summed E-state index contributed by atoms with van der Waals surface area (Å²) in [5.74, 6) is 1.70. The van der Waals surface area contributed by atoms with Crippen molar-refractivity contribution in [3.63, 3.8) is 0 Å². The zero-order chi connectivity index (χ0) is 24.6. The van der Waals surface area contributed by atoms with Crippen molar-refractivity contribution in [1.82, 2.24) is 20.2 Å². The molecule has 0 spiro atoms. The molecule has 0 aliphatic carbocycles. The number of hydrogen-bond acceptors (Lipinski definition) is 8. The number of aliphatic carboxylic acids is 1. The van der Waals surface area contributed by atoms with Crippen LogP contribution in [0, 0.1) is 11.8 Å². The van der Waals surface area contributed by atoms with Crippen LogP contribution >= 0.6 is 23.1 Å². The number of thiazole rings is 1. The average molecular weight is 515 g/mol. The standard InChI is InChI=1S/C26H34N4O3S2/c1-27-23(21-7-9-28-24-6-4-20(33-2)16-22(21)24)5-3-18-8-11-30(17-19(18)15-25(31)32)12-14-35-26-29-10-13-34-26/h4,6-7,9-10,13,16,18-19,23,27H,3,5,8,11-12,14-15,17H2,1-2H3,(H,31,32)/t18-,19+,23-/m1/s1. The van der Waals surface area contributed by atoms with Crippen molar-refractivity contribution in [2.75, 3.05) is 39.5 Å². The molecule has 9 heteroatoms. The molecule has 2 N–H and O–H groups in total. The van der Waals surface area contributed by atoms with Crippen molar-refractivity contribution >= 4 is 40.0 Å². The van der Waals surface area contributed by atoms with Crippen LogP contribution in [0.4, 0.5) is 0 Å². The van der Waals surface area contributed by atoms with Crippen LogP contribution in [0.3, 0.4) is 0 Å². The number of piperidine rings is 1. The second kappa shape index (κ2) is 12.7. The molecule has 188 valence electrons. The number of ether oxygens (including phenoxy) is 1. The van der Waals surface area contributed by atoms with E-state index in [0.29, 0.717) is 5.92 Å². The number of aromatic nitrogens is 2. The molecular formula is C26H34N4O3S2. The number of thioether (sulfide) groups is 1. The lowest BCUT2D eigenvalue weighted by atomic mass is 9.79. The fraction of sp³-hybridized carbons (Fsp3) is 0.500. The van der Waals surface area contributed by atoms with Crippen LogP contribution in [0.25, 0.3) is 10.9 Å². The maximum atomic E-state index is 11.7. The largest absolute Gasteiger partial charge is 0.497 e. The summed E-state index contributed by atoms with van der Waals surface area (Å²) in [6.45, 7) is 2.85. The van der Waals surface area contributed by atoms with E-state index in [2.05, 4.69) is 32.3 Å². The highest BCUT2D eigenvalue weighted by molar-refractivity contribution is 8.01. The Kier molecular flexibility index (Phi) is 9.37. The van der Waals surface area contributed by atoms with Crippen molar-refractivity contribution in [3.8, 4) is 5.75 Å². The first-order valence-corrected chi connectivity index (χ1v) is 14.0. The van der Waals surface area contributed by atoms with Gasteiger partial charge in [-0.3, -0.25) is 9.78 Å². The number of carboxylic acid groups (broad SMARTS) is 1. The van der Waals surface area contributed by atoms with E-state index in [1.165, 1.54) is 5.56 Å². The van der Waals surface area contributed by atoms with E-state index in [1.54, 1.807) is 30.2 Å². The van der Waals surface area contributed by atoms with Crippen LogP contribution < -0.4 is 10.1 Å². The van der Waals surface area contributed by atoms with Crippen molar-refractivity contribution in [1.29, 1.82) is 0 Å². The molecule has 1 aliphatic rings. The molecule has 3 atom stereocenters. The number of nitrogens with zero attached hydrogens (tertiary/aromatic N) is 3. The van der Waals surface area contributed by atoms with E-state index >= 15 is 0 Å². The lowest BCUT2D eigenvalue weighted by Crippen LogP contribution is -2.42. The van der Waals surface area contributed by atoms with Gasteiger partial charge in [-0.2, -0.15) is 0 Å². The van der Waals surface area contributed by atoms with Crippen LogP contribution in [-0.2, 0) is 4.79 Å². The van der Waals surface area contributed by atoms with Crippen LogP contribution in [0.1, 0.15) is 37.3 Å². The van der Waals surface area contributed by atoms with Gasteiger partial charge in [-0.25, -0.2) is 4.98 Å². The lowest BCUT2D eigenvalue weighted by Gasteiger charge is -2.38. The predicted molar refractivity (Wildman–Crippen MR) is 142 cm³/mol. The van der Waals surface area contributed by atoms with Gasteiger partial charge in [0.15, 0.2) is 0 Å². The first-order valence-electron chi connectivity index (χ1n) is 12.1. The molecule has 0 saturated carbocycles. The summed E-state index contributed by atoms with van der Waals surface area (Å²) >= 11 is 3.45. The third-order valence-electron chi connectivity index (χ3n) is 6.99. The third-order valence-corrected chi connectivity index (χ3v) is 8.93. The third kappa shape index (κ3) is 6.94. The summed E-state index contributed by atoms with van der Waals surface area (Å²) < 4.78 is 6.54. The van der Waals surface area contributed by atoms with Crippen molar-refractivity contribution < 1.29 is 14.6 Å². The fourth-order valence-electron chi connectivity index (χ4n) is 5.15. The summed E-state index contributed by atoms with van der Waals surface area (Å²) in [6.07, 6.45) is 6.93. The number of methoxy groups -OCH3 is 1. The van der Waals surface area contributed by atoms with E-state index < -0.39 is 5.97 Å². The number of benzene rings is 1. The lowest BCUT2D eigenvalue weighted by molar-refractivity contribution is -0.139. The van der Waals surface area contributed by atoms with E-state index in [9.17, 15) is 9.90 Å².